The van der Waals surface area contributed by atoms with Crippen LogP contribution in [0.5, 0.6) is 0 Å². The van der Waals surface area contributed by atoms with Gasteiger partial charge in [0.2, 0.25) is 0 Å². The molecule has 0 aliphatic rings. The smallest absolute Gasteiger partial charge is 0.345 e. The van der Waals surface area contributed by atoms with E-state index in [1.54, 1.807) is 12.1 Å². The number of thiophene rings is 1. The minimum atomic E-state index is -0.923. The first-order valence-electron chi connectivity index (χ1n) is 11.8. The summed E-state index contributed by atoms with van der Waals surface area (Å²) >= 11 is 1.27. The van der Waals surface area contributed by atoms with Gasteiger partial charge in [-0.1, -0.05) is 50.5 Å². The van der Waals surface area contributed by atoms with Crippen LogP contribution in [0.3, 0.4) is 0 Å². The molecule has 0 amide bonds. The number of aliphatic hydroxyl groups is 1. The molecule has 6 nitrogen and oxygen atoms in total. The molecule has 0 bridgehead atoms. The molecular weight excluding hydrogens is 452 g/mol. The average molecular weight is 487 g/mol. The summed E-state index contributed by atoms with van der Waals surface area (Å²) in [6.45, 7) is 3.39. The maximum absolute atomic E-state index is 11.4. The number of hydrogen-bond acceptors (Lipinski definition) is 6. The van der Waals surface area contributed by atoms with Crippen molar-refractivity contribution >= 4 is 29.6 Å². The summed E-state index contributed by atoms with van der Waals surface area (Å²) in [5.74, 6) is -1.50. The molecule has 2 atom stereocenters. The zero-order chi connectivity index (χ0) is 24.9. The van der Waals surface area contributed by atoms with E-state index in [-0.39, 0.29) is 11.7 Å². The molecule has 0 spiro atoms. The summed E-state index contributed by atoms with van der Waals surface area (Å²) in [5, 5.41) is 19.5. The summed E-state index contributed by atoms with van der Waals surface area (Å²) in [5.41, 5.74) is 1.95. The van der Waals surface area contributed by atoms with E-state index in [1.165, 1.54) is 18.3 Å². The molecule has 1 heterocycles. The molecule has 1 aromatic carbocycles. The van der Waals surface area contributed by atoms with Gasteiger partial charge in [0.05, 0.1) is 6.10 Å². The molecule has 0 radical (unpaired) electrons. The molecule has 184 valence electrons. The monoisotopic (exact) mass is 486 g/mol. The second-order valence-electron chi connectivity index (χ2n) is 8.46. The fourth-order valence-electron chi connectivity index (χ4n) is 3.84. The van der Waals surface area contributed by atoms with E-state index in [2.05, 4.69) is 6.92 Å². The Morgan fingerprint density at radius 1 is 1.06 bits per heavy atom. The number of carbonyl (C=O) groups excluding carboxylic acids is 2. The van der Waals surface area contributed by atoms with Crippen LogP contribution < -0.4 is 0 Å². The van der Waals surface area contributed by atoms with Crippen molar-refractivity contribution in [3.63, 3.8) is 0 Å². The van der Waals surface area contributed by atoms with Gasteiger partial charge < -0.3 is 14.9 Å². The Morgan fingerprint density at radius 3 is 2.38 bits per heavy atom. The predicted octanol–water partition coefficient (Wildman–Crippen LogP) is 5.89. The fourth-order valence-corrected chi connectivity index (χ4v) is 4.73. The molecule has 7 heteroatoms. The number of benzene rings is 1. The van der Waals surface area contributed by atoms with Gasteiger partial charge >= 0.3 is 11.9 Å². The van der Waals surface area contributed by atoms with Crippen LogP contribution in [-0.2, 0) is 27.2 Å². The highest BCUT2D eigenvalue weighted by Gasteiger charge is 2.14. The van der Waals surface area contributed by atoms with Gasteiger partial charge in [0.25, 0.3) is 0 Å². The lowest BCUT2D eigenvalue weighted by molar-refractivity contribution is -0.138. The van der Waals surface area contributed by atoms with E-state index in [0.717, 1.165) is 60.9 Å². The Kier molecular flexibility index (Phi) is 11.7. The van der Waals surface area contributed by atoms with Crippen molar-refractivity contribution in [1.82, 2.24) is 0 Å². The topological polar surface area (TPSA) is 101 Å². The van der Waals surface area contributed by atoms with E-state index < -0.39 is 18.0 Å². The summed E-state index contributed by atoms with van der Waals surface area (Å²) < 4.78 is 5.02. The van der Waals surface area contributed by atoms with Crippen LogP contribution >= 0.6 is 11.3 Å². The number of aryl methyl sites for hydroxylation is 1. The Labute approximate surface area is 205 Å². The Balaban J connectivity index is 2.06. The van der Waals surface area contributed by atoms with Crippen molar-refractivity contribution in [1.29, 1.82) is 0 Å². The Hall–Kier alpha value is -2.77. The number of aromatic carboxylic acids is 1. The van der Waals surface area contributed by atoms with Gasteiger partial charge in [-0.15, -0.1) is 11.3 Å². The highest BCUT2D eigenvalue weighted by atomic mass is 32.1. The number of esters is 1. The first-order valence-corrected chi connectivity index (χ1v) is 12.6. The molecule has 0 aliphatic carbocycles. The Morgan fingerprint density at radius 2 is 1.79 bits per heavy atom. The van der Waals surface area contributed by atoms with Gasteiger partial charge in [-0.3, -0.25) is 9.59 Å². The summed E-state index contributed by atoms with van der Waals surface area (Å²) in [6, 6.07) is 11.3. The second kappa shape index (κ2) is 14.5. The number of hydrogen-bond donors (Lipinski definition) is 2. The Bertz CT molecular complexity index is 960. The number of aldehydes is 1. The molecular formula is C27H34O6S. The van der Waals surface area contributed by atoms with Crippen molar-refractivity contribution in [3.8, 4) is 0 Å². The van der Waals surface area contributed by atoms with Crippen molar-refractivity contribution in [2.45, 2.75) is 71.3 Å². The number of ether oxygens (including phenoxy) is 1. The SMILES string of the molecule is CCCCCC(O)c1ccc(C[C@H](/C=C(\C=O)OC(C)=O)CCCc2ccc(C(=O)O)s2)cc1. The molecule has 0 saturated heterocycles. The molecule has 34 heavy (non-hydrogen) atoms. The van der Waals surface area contributed by atoms with Gasteiger partial charge in [0.15, 0.2) is 12.0 Å². The van der Waals surface area contributed by atoms with E-state index in [9.17, 15) is 19.5 Å². The zero-order valence-electron chi connectivity index (χ0n) is 19.9. The van der Waals surface area contributed by atoms with Crippen LogP contribution in [0.1, 0.15) is 84.2 Å². The van der Waals surface area contributed by atoms with E-state index in [1.807, 2.05) is 30.3 Å². The van der Waals surface area contributed by atoms with Gasteiger partial charge in [-0.25, -0.2) is 4.79 Å². The summed E-state index contributed by atoms with van der Waals surface area (Å²) in [6.07, 6.45) is 8.64. The van der Waals surface area contributed by atoms with Crippen molar-refractivity contribution in [3.05, 3.63) is 69.1 Å². The lowest BCUT2D eigenvalue weighted by Crippen LogP contribution is -2.08. The van der Waals surface area contributed by atoms with Gasteiger partial charge in [-0.2, -0.15) is 0 Å². The molecule has 0 saturated carbocycles. The lowest BCUT2D eigenvalue weighted by atomic mass is 9.92. The third-order valence-electron chi connectivity index (χ3n) is 5.59. The van der Waals surface area contributed by atoms with Gasteiger partial charge in [-0.05, 0) is 67.4 Å². The number of unbranched alkanes of at least 4 members (excludes halogenated alkanes) is 2. The van der Waals surface area contributed by atoms with Crippen molar-refractivity contribution < 1.29 is 29.3 Å². The molecule has 1 unspecified atom stereocenters. The molecule has 0 fully saturated rings. The first-order chi connectivity index (χ1) is 16.3. The zero-order valence-corrected chi connectivity index (χ0v) is 20.7. The third kappa shape index (κ3) is 9.61. The number of allylic oxidation sites excluding steroid dienone is 2. The normalized spacial score (nSPS) is 13.3. The minimum absolute atomic E-state index is 0.00440. The van der Waals surface area contributed by atoms with Crippen LogP contribution in [0, 0.1) is 5.92 Å². The average Bonchev–Trinajstić information content (AvgIpc) is 3.28. The van der Waals surface area contributed by atoms with Crippen LogP contribution in [-0.4, -0.2) is 28.4 Å². The molecule has 0 aliphatic heterocycles. The standard InChI is InChI=1S/C27H34O6S/c1-3-4-5-9-25(30)22-12-10-20(11-13-22)16-21(17-23(18-28)33-19(2)29)7-6-8-24-14-15-26(34-24)27(31)32/h10-15,17-18,21,25,30H,3-9,16H2,1-2H3,(H,31,32)/b23-17+/t21-,25?/m1/s1. The minimum Gasteiger partial charge on any atom is -0.477 e. The van der Waals surface area contributed by atoms with Gasteiger partial charge in [0, 0.05) is 11.8 Å². The summed E-state index contributed by atoms with van der Waals surface area (Å²) in [7, 11) is 0. The quantitative estimate of drug-likeness (QED) is 0.107. The predicted molar refractivity (Wildman–Crippen MR) is 133 cm³/mol. The third-order valence-corrected chi connectivity index (χ3v) is 6.72. The lowest BCUT2D eigenvalue weighted by Gasteiger charge is -2.15. The highest BCUT2D eigenvalue weighted by molar-refractivity contribution is 7.13. The number of aliphatic hydroxyl groups excluding tert-OH is 1. The largest absolute Gasteiger partial charge is 0.477 e. The maximum Gasteiger partial charge on any atom is 0.345 e. The first kappa shape index (κ1) is 27.5. The van der Waals surface area contributed by atoms with Crippen molar-refractivity contribution in [2.24, 2.45) is 5.92 Å². The van der Waals surface area contributed by atoms with Crippen LogP contribution in [0.15, 0.2) is 48.2 Å². The van der Waals surface area contributed by atoms with E-state index in [4.69, 9.17) is 9.84 Å². The molecule has 1 aromatic heterocycles. The molecule has 2 rings (SSSR count). The molecule has 2 N–H and O–H groups in total. The summed E-state index contributed by atoms with van der Waals surface area (Å²) in [4.78, 5) is 35.1. The number of carboxylic acids is 1. The van der Waals surface area contributed by atoms with Crippen LogP contribution in [0.2, 0.25) is 0 Å². The number of carboxylic acid groups (broad SMARTS) is 1. The fraction of sp³-hybridized carbons (Fsp3) is 0.444. The second-order valence-corrected chi connectivity index (χ2v) is 9.63. The number of carbonyl (C=O) groups is 3. The molecule has 2 aromatic rings. The van der Waals surface area contributed by atoms with E-state index in [0.29, 0.717) is 17.6 Å². The van der Waals surface area contributed by atoms with Crippen LogP contribution in [0.25, 0.3) is 0 Å². The van der Waals surface area contributed by atoms with E-state index >= 15 is 0 Å². The van der Waals surface area contributed by atoms with Gasteiger partial charge in [0.1, 0.15) is 4.88 Å². The van der Waals surface area contributed by atoms with Crippen molar-refractivity contribution in [2.75, 3.05) is 0 Å². The highest BCUT2D eigenvalue weighted by Crippen LogP contribution is 2.25. The number of rotatable bonds is 15. The van der Waals surface area contributed by atoms with Crippen LogP contribution in [0.4, 0.5) is 0 Å². The maximum atomic E-state index is 11.4.